The average Bonchev–Trinajstić information content (AvgIpc) is 2.40. The van der Waals surface area contributed by atoms with E-state index in [2.05, 4.69) is 15.9 Å². The van der Waals surface area contributed by atoms with Gasteiger partial charge in [-0.1, -0.05) is 46.3 Å². The quantitative estimate of drug-likeness (QED) is 0.911. The molecule has 0 aliphatic carbocycles. The number of hydrogen-bond acceptors (Lipinski definition) is 2. The second kappa shape index (κ2) is 6.14. The molecule has 2 aromatic carbocycles. The molecule has 18 heavy (non-hydrogen) atoms. The third kappa shape index (κ3) is 2.99. The molecule has 0 amide bonds. The van der Waals surface area contributed by atoms with Crippen molar-refractivity contribution in [1.29, 1.82) is 0 Å². The fourth-order valence-electron chi connectivity index (χ4n) is 2.00. The number of halogens is 1. The Morgan fingerprint density at radius 3 is 2.06 bits per heavy atom. The lowest BCUT2D eigenvalue weighted by atomic mass is 9.97. The van der Waals surface area contributed by atoms with Crippen LogP contribution in [0.5, 0.6) is 0 Å². The van der Waals surface area contributed by atoms with Crippen molar-refractivity contribution in [3.8, 4) is 0 Å². The van der Waals surface area contributed by atoms with E-state index in [0.29, 0.717) is 6.42 Å². The molecule has 0 heterocycles. The first-order valence-corrected chi connectivity index (χ1v) is 6.59. The van der Waals surface area contributed by atoms with Gasteiger partial charge in [0.2, 0.25) is 0 Å². The first kappa shape index (κ1) is 13.3. The Bertz CT molecular complexity index is 538. The highest BCUT2D eigenvalue weighted by molar-refractivity contribution is 9.10. The molecular formula is C15H15BrO2. The van der Waals surface area contributed by atoms with Crippen LogP contribution in [0.15, 0.2) is 46.9 Å². The summed E-state index contributed by atoms with van der Waals surface area (Å²) in [6, 6.07) is 13.7. The van der Waals surface area contributed by atoms with E-state index < -0.39 is 0 Å². The van der Waals surface area contributed by atoms with Crippen LogP contribution in [0.2, 0.25) is 0 Å². The van der Waals surface area contributed by atoms with Gasteiger partial charge >= 0.3 is 0 Å². The minimum absolute atomic E-state index is 0.0317. The van der Waals surface area contributed by atoms with Gasteiger partial charge in [0.15, 0.2) is 0 Å². The van der Waals surface area contributed by atoms with Gasteiger partial charge in [-0.05, 0) is 40.8 Å². The molecule has 0 aliphatic heterocycles. The van der Waals surface area contributed by atoms with E-state index >= 15 is 0 Å². The smallest absolute Gasteiger partial charge is 0.0684 e. The minimum Gasteiger partial charge on any atom is -0.392 e. The topological polar surface area (TPSA) is 40.5 Å². The molecule has 0 bridgehead atoms. The molecule has 0 aromatic heterocycles. The van der Waals surface area contributed by atoms with Crippen LogP contribution in [0.1, 0.15) is 22.3 Å². The Morgan fingerprint density at radius 1 is 0.778 bits per heavy atom. The monoisotopic (exact) mass is 306 g/mol. The van der Waals surface area contributed by atoms with Gasteiger partial charge in [-0.15, -0.1) is 0 Å². The van der Waals surface area contributed by atoms with Crippen LogP contribution in [0.25, 0.3) is 0 Å². The third-order valence-corrected chi connectivity index (χ3v) is 3.50. The molecular weight excluding hydrogens is 292 g/mol. The molecule has 0 aliphatic rings. The van der Waals surface area contributed by atoms with Crippen molar-refractivity contribution in [1.82, 2.24) is 0 Å². The first-order chi connectivity index (χ1) is 8.74. The standard InChI is InChI=1S/C15H15BrO2/c16-15-6-5-13(10-18)14(8-15)7-11-3-1-2-4-12(11)9-17/h1-6,8,17-18H,7,9-10H2. The van der Waals surface area contributed by atoms with Gasteiger partial charge in [-0.3, -0.25) is 0 Å². The van der Waals surface area contributed by atoms with Gasteiger partial charge in [-0.2, -0.15) is 0 Å². The second-order valence-electron chi connectivity index (χ2n) is 4.17. The molecule has 2 N–H and O–H groups in total. The highest BCUT2D eigenvalue weighted by Gasteiger charge is 2.06. The maximum absolute atomic E-state index is 9.35. The highest BCUT2D eigenvalue weighted by atomic mass is 79.9. The van der Waals surface area contributed by atoms with Crippen LogP contribution in [0.3, 0.4) is 0 Å². The van der Waals surface area contributed by atoms with Crippen molar-refractivity contribution in [3.63, 3.8) is 0 Å². The number of aliphatic hydroxyl groups is 2. The lowest BCUT2D eigenvalue weighted by Crippen LogP contribution is -1.99. The normalized spacial score (nSPS) is 10.6. The summed E-state index contributed by atoms with van der Waals surface area (Å²) in [5, 5.41) is 18.7. The van der Waals surface area contributed by atoms with E-state index in [1.54, 1.807) is 0 Å². The summed E-state index contributed by atoms with van der Waals surface area (Å²) in [6.07, 6.45) is 0.714. The average molecular weight is 307 g/mol. The molecule has 0 saturated heterocycles. The molecule has 0 spiro atoms. The molecule has 2 nitrogen and oxygen atoms in total. The van der Waals surface area contributed by atoms with E-state index in [0.717, 1.165) is 26.7 Å². The van der Waals surface area contributed by atoms with Crippen LogP contribution in [-0.2, 0) is 19.6 Å². The summed E-state index contributed by atoms with van der Waals surface area (Å²) in [5.74, 6) is 0. The van der Waals surface area contributed by atoms with Crippen molar-refractivity contribution >= 4 is 15.9 Å². The lowest BCUT2D eigenvalue weighted by Gasteiger charge is -2.11. The van der Waals surface area contributed by atoms with E-state index in [-0.39, 0.29) is 13.2 Å². The fraction of sp³-hybridized carbons (Fsp3) is 0.200. The maximum atomic E-state index is 9.35. The van der Waals surface area contributed by atoms with E-state index in [9.17, 15) is 10.2 Å². The molecule has 2 rings (SSSR count). The third-order valence-electron chi connectivity index (χ3n) is 3.01. The summed E-state index contributed by atoms with van der Waals surface area (Å²) in [7, 11) is 0. The number of rotatable bonds is 4. The fourth-order valence-corrected chi connectivity index (χ4v) is 2.41. The number of hydrogen-bond donors (Lipinski definition) is 2. The first-order valence-electron chi connectivity index (χ1n) is 5.80. The molecule has 0 fully saturated rings. The Hall–Kier alpha value is -1.16. The van der Waals surface area contributed by atoms with E-state index in [1.165, 1.54) is 0 Å². The molecule has 2 aromatic rings. The molecule has 0 radical (unpaired) electrons. The van der Waals surface area contributed by atoms with Crippen LogP contribution < -0.4 is 0 Å². The van der Waals surface area contributed by atoms with Gasteiger partial charge in [0.05, 0.1) is 13.2 Å². The van der Waals surface area contributed by atoms with Gasteiger partial charge < -0.3 is 10.2 Å². The second-order valence-corrected chi connectivity index (χ2v) is 5.09. The van der Waals surface area contributed by atoms with Crippen LogP contribution >= 0.6 is 15.9 Å². The molecule has 94 valence electrons. The predicted octanol–water partition coefficient (Wildman–Crippen LogP) is 3.02. The summed E-state index contributed by atoms with van der Waals surface area (Å²) in [5.41, 5.74) is 4.02. The molecule has 0 unspecified atom stereocenters. The lowest BCUT2D eigenvalue weighted by molar-refractivity contribution is 0.279. The van der Waals surface area contributed by atoms with Crippen molar-refractivity contribution < 1.29 is 10.2 Å². The summed E-state index contributed by atoms with van der Waals surface area (Å²) in [6.45, 7) is 0.0720. The maximum Gasteiger partial charge on any atom is 0.0684 e. The Morgan fingerprint density at radius 2 is 1.39 bits per heavy atom. The largest absolute Gasteiger partial charge is 0.392 e. The highest BCUT2D eigenvalue weighted by Crippen LogP contribution is 2.21. The zero-order valence-electron chi connectivity index (χ0n) is 9.94. The van der Waals surface area contributed by atoms with E-state index in [1.807, 2.05) is 42.5 Å². The summed E-state index contributed by atoms with van der Waals surface area (Å²) in [4.78, 5) is 0. The van der Waals surface area contributed by atoms with Crippen molar-refractivity contribution in [3.05, 3.63) is 69.2 Å². The summed E-state index contributed by atoms with van der Waals surface area (Å²) < 4.78 is 0.996. The van der Waals surface area contributed by atoms with Crippen molar-refractivity contribution in [2.45, 2.75) is 19.6 Å². The van der Waals surface area contributed by atoms with Gasteiger partial charge in [0.25, 0.3) is 0 Å². The van der Waals surface area contributed by atoms with Gasteiger partial charge in [0, 0.05) is 4.47 Å². The Kier molecular flexibility index (Phi) is 4.53. The van der Waals surface area contributed by atoms with E-state index in [4.69, 9.17) is 0 Å². The van der Waals surface area contributed by atoms with Crippen LogP contribution in [0, 0.1) is 0 Å². The SMILES string of the molecule is OCc1ccccc1Cc1cc(Br)ccc1CO. The predicted molar refractivity (Wildman–Crippen MR) is 75.2 cm³/mol. The number of aliphatic hydroxyl groups excluding tert-OH is 2. The van der Waals surface area contributed by atoms with Gasteiger partial charge in [0.1, 0.15) is 0 Å². The Balaban J connectivity index is 2.36. The minimum atomic E-state index is 0.0317. The molecule has 3 heteroatoms. The molecule has 0 atom stereocenters. The molecule has 0 saturated carbocycles. The summed E-state index contributed by atoms with van der Waals surface area (Å²) >= 11 is 3.44. The zero-order chi connectivity index (χ0) is 13.0. The van der Waals surface area contributed by atoms with Crippen molar-refractivity contribution in [2.75, 3.05) is 0 Å². The van der Waals surface area contributed by atoms with Crippen LogP contribution in [0.4, 0.5) is 0 Å². The van der Waals surface area contributed by atoms with Crippen molar-refractivity contribution in [2.24, 2.45) is 0 Å². The zero-order valence-corrected chi connectivity index (χ0v) is 11.5. The van der Waals surface area contributed by atoms with Crippen LogP contribution in [-0.4, -0.2) is 10.2 Å². The van der Waals surface area contributed by atoms with Gasteiger partial charge in [-0.25, -0.2) is 0 Å². The Labute approximate surface area is 115 Å². The number of benzene rings is 2.